The van der Waals surface area contributed by atoms with Crippen LogP contribution in [0.2, 0.25) is 5.15 Å². The third kappa shape index (κ3) is 2.75. The molecule has 0 unspecified atom stereocenters. The highest BCUT2D eigenvalue weighted by molar-refractivity contribution is 7.80. The molecule has 0 radical (unpaired) electrons. The largest absolute Gasteiger partial charge is 0.389 e. The van der Waals surface area contributed by atoms with E-state index in [2.05, 4.69) is 10.2 Å². The number of rotatable bonds is 3. The van der Waals surface area contributed by atoms with Gasteiger partial charge in [-0.1, -0.05) is 36.0 Å². The summed E-state index contributed by atoms with van der Waals surface area (Å²) in [6, 6.07) is 11.1. The number of nitrogens with zero attached hydrogens (tertiary/aromatic N) is 3. The van der Waals surface area contributed by atoms with Crippen LogP contribution < -0.4 is 10.6 Å². The minimum absolute atomic E-state index is 0.365. The molecule has 0 saturated heterocycles. The van der Waals surface area contributed by atoms with Crippen molar-refractivity contribution in [3.8, 4) is 0 Å². The van der Waals surface area contributed by atoms with E-state index in [4.69, 9.17) is 29.6 Å². The van der Waals surface area contributed by atoms with Gasteiger partial charge in [-0.15, -0.1) is 10.2 Å². The molecule has 4 nitrogen and oxygen atoms in total. The summed E-state index contributed by atoms with van der Waals surface area (Å²) in [5.74, 6) is 0.694. The van der Waals surface area contributed by atoms with Crippen LogP contribution in [-0.4, -0.2) is 22.2 Å². The molecule has 0 amide bonds. The third-order valence-electron chi connectivity index (χ3n) is 2.48. The zero-order valence-corrected chi connectivity index (χ0v) is 11.2. The highest BCUT2D eigenvalue weighted by atomic mass is 35.5. The molecule has 1 aromatic heterocycles. The van der Waals surface area contributed by atoms with Gasteiger partial charge in [0.15, 0.2) is 11.0 Å². The SMILES string of the molecule is CN(c1cccc(C(N)=S)c1)c1ccc(Cl)nn1. The number of hydrogen-bond donors (Lipinski definition) is 1. The standard InChI is InChI=1S/C12H11ClN4S/c1-17(11-6-5-10(13)15-16-11)9-4-2-3-8(7-9)12(14)18/h2-7H,1H3,(H2,14,18). The second-order valence-electron chi connectivity index (χ2n) is 3.69. The van der Waals surface area contributed by atoms with Crippen molar-refractivity contribution in [2.24, 2.45) is 5.73 Å². The summed E-state index contributed by atoms with van der Waals surface area (Å²) in [5, 5.41) is 8.18. The van der Waals surface area contributed by atoms with Crippen molar-refractivity contribution in [1.29, 1.82) is 0 Å². The van der Waals surface area contributed by atoms with Crippen LogP contribution in [0.3, 0.4) is 0 Å². The maximum absolute atomic E-state index is 5.70. The molecule has 0 spiro atoms. The molecular formula is C12H11ClN4S. The summed E-state index contributed by atoms with van der Waals surface area (Å²) < 4.78 is 0. The fourth-order valence-electron chi connectivity index (χ4n) is 1.49. The summed E-state index contributed by atoms with van der Waals surface area (Å²) in [6.45, 7) is 0. The molecule has 2 aromatic rings. The maximum Gasteiger partial charge on any atom is 0.155 e. The Kier molecular flexibility index (Phi) is 3.74. The van der Waals surface area contributed by atoms with Gasteiger partial charge in [0.1, 0.15) is 4.99 Å². The fraction of sp³-hybridized carbons (Fsp3) is 0.0833. The van der Waals surface area contributed by atoms with Gasteiger partial charge in [-0.05, 0) is 24.3 Å². The monoisotopic (exact) mass is 278 g/mol. The zero-order chi connectivity index (χ0) is 13.1. The molecule has 92 valence electrons. The molecule has 2 N–H and O–H groups in total. The molecule has 0 fully saturated rings. The molecule has 0 saturated carbocycles. The van der Waals surface area contributed by atoms with Crippen molar-refractivity contribution in [3.05, 3.63) is 47.1 Å². The highest BCUT2D eigenvalue weighted by Gasteiger charge is 2.07. The van der Waals surface area contributed by atoms with Crippen LogP contribution in [0.4, 0.5) is 11.5 Å². The lowest BCUT2D eigenvalue weighted by atomic mass is 10.2. The lowest BCUT2D eigenvalue weighted by Gasteiger charge is -2.18. The van der Waals surface area contributed by atoms with E-state index in [1.807, 2.05) is 36.2 Å². The van der Waals surface area contributed by atoms with Gasteiger partial charge in [0.25, 0.3) is 0 Å². The predicted molar refractivity (Wildman–Crippen MR) is 77.4 cm³/mol. The van der Waals surface area contributed by atoms with Crippen molar-refractivity contribution in [3.63, 3.8) is 0 Å². The topological polar surface area (TPSA) is 55.0 Å². The average molecular weight is 279 g/mol. The van der Waals surface area contributed by atoms with Gasteiger partial charge < -0.3 is 10.6 Å². The number of hydrogen-bond acceptors (Lipinski definition) is 4. The van der Waals surface area contributed by atoms with Gasteiger partial charge in [0.2, 0.25) is 0 Å². The predicted octanol–water partition coefficient (Wildman–Crippen LogP) is 2.53. The molecule has 1 heterocycles. The number of halogens is 1. The Balaban J connectivity index is 2.33. The first-order chi connectivity index (χ1) is 8.58. The summed E-state index contributed by atoms with van der Waals surface area (Å²) in [4.78, 5) is 2.25. The molecule has 2 rings (SSSR count). The van der Waals surface area contributed by atoms with E-state index < -0.39 is 0 Å². The third-order valence-corrected chi connectivity index (χ3v) is 2.92. The maximum atomic E-state index is 5.70. The Hall–Kier alpha value is -1.72. The van der Waals surface area contributed by atoms with Crippen LogP contribution in [0.1, 0.15) is 5.56 Å². The summed E-state index contributed by atoms with van der Waals surface area (Å²) in [6.07, 6.45) is 0. The normalized spacial score (nSPS) is 10.1. The van der Waals surface area contributed by atoms with Crippen LogP contribution in [0, 0.1) is 0 Å². The molecule has 0 aliphatic heterocycles. The van der Waals surface area contributed by atoms with Gasteiger partial charge in [0.05, 0.1) is 0 Å². The van der Waals surface area contributed by atoms with E-state index in [0.717, 1.165) is 11.3 Å². The summed E-state index contributed by atoms with van der Waals surface area (Å²) in [5.41, 5.74) is 7.35. The minimum atomic E-state index is 0.365. The van der Waals surface area contributed by atoms with Gasteiger partial charge >= 0.3 is 0 Å². The summed E-state index contributed by atoms with van der Waals surface area (Å²) >= 11 is 10.7. The van der Waals surface area contributed by atoms with Crippen LogP contribution in [-0.2, 0) is 0 Å². The highest BCUT2D eigenvalue weighted by Crippen LogP contribution is 2.22. The molecule has 0 bridgehead atoms. The second-order valence-corrected chi connectivity index (χ2v) is 4.51. The smallest absolute Gasteiger partial charge is 0.155 e. The van der Waals surface area contributed by atoms with E-state index >= 15 is 0 Å². The van der Waals surface area contributed by atoms with E-state index in [0.29, 0.717) is 16.0 Å². The fourth-order valence-corrected chi connectivity index (χ4v) is 1.72. The first-order valence-electron chi connectivity index (χ1n) is 5.21. The van der Waals surface area contributed by atoms with Crippen molar-refractivity contribution in [2.45, 2.75) is 0 Å². The van der Waals surface area contributed by atoms with Crippen LogP contribution in [0.25, 0.3) is 0 Å². The Morgan fingerprint density at radius 2 is 2.06 bits per heavy atom. The minimum Gasteiger partial charge on any atom is -0.389 e. The average Bonchev–Trinajstić information content (AvgIpc) is 2.39. The van der Waals surface area contributed by atoms with Gasteiger partial charge in [-0.3, -0.25) is 0 Å². The number of thiocarbonyl (C=S) groups is 1. The Labute approximate surface area is 115 Å². The molecule has 6 heteroatoms. The van der Waals surface area contributed by atoms with Gasteiger partial charge in [0, 0.05) is 18.3 Å². The Morgan fingerprint density at radius 1 is 1.28 bits per heavy atom. The molecule has 0 atom stereocenters. The Morgan fingerprint density at radius 3 is 2.67 bits per heavy atom. The second kappa shape index (κ2) is 5.29. The van der Waals surface area contributed by atoms with Gasteiger partial charge in [-0.2, -0.15) is 0 Å². The van der Waals surface area contributed by atoms with Crippen LogP contribution in [0.5, 0.6) is 0 Å². The number of benzene rings is 1. The van der Waals surface area contributed by atoms with Crippen molar-refractivity contribution in [1.82, 2.24) is 10.2 Å². The number of aromatic nitrogens is 2. The molecule has 0 aliphatic carbocycles. The van der Waals surface area contributed by atoms with Crippen LogP contribution in [0.15, 0.2) is 36.4 Å². The van der Waals surface area contributed by atoms with Crippen molar-refractivity contribution < 1.29 is 0 Å². The molecule has 1 aromatic carbocycles. The van der Waals surface area contributed by atoms with Crippen LogP contribution >= 0.6 is 23.8 Å². The molecule has 0 aliphatic rings. The van der Waals surface area contributed by atoms with E-state index in [-0.39, 0.29) is 0 Å². The molecular weight excluding hydrogens is 268 g/mol. The van der Waals surface area contributed by atoms with E-state index in [1.165, 1.54) is 0 Å². The van der Waals surface area contributed by atoms with E-state index in [1.54, 1.807) is 12.1 Å². The zero-order valence-electron chi connectivity index (χ0n) is 9.67. The van der Waals surface area contributed by atoms with E-state index in [9.17, 15) is 0 Å². The Bertz CT molecular complexity index is 571. The lowest BCUT2D eigenvalue weighted by molar-refractivity contribution is 0.988. The molecule has 18 heavy (non-hydrogen) atoms. The van der Waals surface area contributed by atoms with Crippen molar-refractivity contribution >= 4 is 40.3 Å². The first-order valence-corrected chi connectivity index (χ1v) is 5.99. The number of anilines is 2. The first kappa shape index (κ1) is 12.7. The number of nitrogens with two attached hydrogens (primary N) is 1. The summed E-state index contributed by atoms with van der Waals surface area (Å²) in [7, 11) is 1.89. The quantitative estimate of drug-likeness (QED) is 0.875. The van der Waals surface area contributed by atoms with Gasteiger partial charge in [-0.25, -0.2) is 0 Å². The van der Waals surface area contributed by atoms with Crippen molar-refractivity contribution in [2.75, 3.05) is 11.9 Å². The lowest BCUT2D eigenvalue weighted by Crippen LogP contribution is -2.14.